The highest BCUT2D eigenvalue weighted by molar-refractivity contribution is 7.91. The van der Waals surface area contributed by atoms with Gasteiger partial charge in [0.1, 0.15) is 0 Å². The van der Waals surface area contributed by atoms with Crippen LogP contribution in [0, 0.1) is 5.92 Å². The van der Waals surface area contributed by atoms with Gasteiger partial charge in [0.05, 0.1) is 23.7 Å². The molecule has 0 saturated heterocycles. The summed E-state index contributed by atoms with van der Waals surface area (Å²) in [7, 11) is -0.991. The minimum Gasteiger partial charge on any atom is -0.377 e. The predicted molar refractivity (Wildman–Crippen MR) is 65.3 cm³/mol. The number of hydrogen-bond donors (Lipinski definition) is 1. The van der Waals surface area contributed by atoms with Gasteiger partial charge in [0, 0.05) is 0 Å². The van der Waals surface area contributed by atoms with Crippen LogP contribution in [0.15, 0.2) is 0 Å². The van der Waals surface area contributed by atoms with Crippen molar-refractivity contribution >= 4 is 9.84 Å². The Hall–Kier alpha value is -0.130. The summed E-state index contributed by atoms with van der Waals surface area (Å²) in [5.74, 6) is 0.856. The molecule has 0 aromatic rings. The minimum absolute atomic E-state index is 0.151. The van der Waals surface area contributed by atoms with Crippen molar-refractivity contribution in [2.24, 2.45) is 5.92 Å². The Labute approximate surface area is 98.7 Å². The fourth-order valence-corrected chi connectivity index (χ4v) is 2.63. The Balaban J connectivity index is 2.10. The molecular formula is C11H23NO3S. The molecule has 0 amide bonds. The highest BCUT2D eigenvalue weighted by Crippen LogP contribution is 2.29. The molecule has 1 N–H and O–H groups in total. The lowest BCUT2D eigenvalue weighted by molar-refractivity contribution is -0.0224. The standard InChI is InChI=1S/C11H23NO3S/c1-9(2)16(13,14)5-4-15-11-6-10(7-11)8-12-3/h9-12H,4-8H2,1-3H3. The number of sulfone groups is 1. The monoisotopic (exact) mass is 249 g/mol. The summed E-state index contributed by atoms with van der Waals surface area (Å²) in [6.07, 6.45) is 2.39. The summed E-state index contributed by atoms with van der Waals surface area (Å²) in [6.45, 7) is 4.80. The molecule has 0 unspecified atom stereocenters. The molecule has 0 bridgehead atoms. The topological polar surface area (TPSA) is 55.4 Å². The van der Waals surface area contributed by atoms with E-state index in [1.54, 1.807) is 13.8 Å². The smallest absolute Gasteiger partial charge is 0.154 e. The minimum atomic E-state index is -2.94. The third-order valence-corrected chi connectivity index (χ3v) is 5.30. The third-order valence-electron chi connectivity index (χ3n) is 3.12. The summed E-state index contributed by atoms with van der Waals surface area (Å²) in [5.41, 5.74) is 0. The molecule has 96 valence electrons. The van der Waals surface area contributed by atoms with Crippen LogP contribution in [0.4, 0.5) is 0 Å². The molecule has 16 heavy (non-hydrogen) atoms. The van der Waals surface area contributed by atoms with E-state index in [1.807, 2.05) is 7.05 Å². The van der Waals surface area contributed by atoms with Crippen LogP contribution in [-0.2, 0) is 14.6 Å². The SMILES string of the molecule is CNCC1CC(OCCS(=O)(=O)C(C)C)C1. The van der Waals surface area contributed by atoms with E-state index in [1.165, 1.54) is 0 Å². The first-order valence-corrected chi connectivity index (χ1v) is 7.65. The lowest BCUT2D eigenvalue weighted by Gasteiger charge is -2.35. The van der Waals surface area contributed by atoms with Crippen LogP contribution in [0.1, 0.15) is 26.7 Å². The molecule has 0 spiro atoms. The molecule has 4 nitrogen and oxygen atoms in total. The van der Waals surface area contributed by atoms with Crippen molar-refractivity contribution in [1.29, 1.82) is 0 Å². The molecule has 0 radical (unpaired) electrons. The summed E-state index contributed by atoms with van der Waals surface area (Å²) >= 11 is 0. The molecule has 0 heterocycles. The average molecular weight is 249 g/mol. The molecular weight excluding hydrogens is 226 g/mol. The van der Waals surface area contributed by atoms with Gasteiger partial charge in [-0.05, 0) is 46.2 Å². The van der Waals surface area contributed by atoms with Crippen molar-refractivity contribution in [2.75, 3.05) is 26.0 Å². The highest BCUT2D eigenvalue weighted by atomic mass is 32.2. The van der Waals surface area contributed by atoms with Crippen molar-refractivity contribution in [3.05, 3.63) is 0 Å². The van der Waals surface area contributed by atoms with Gasteiger partial charge < -0.3 is 10.1 Å². The second-order valence-electron chi connectivity index (χ2n) is 4.80. The molecule has 0 aromatic carbocycles. The average Bonchev–Trinajstić information content (AvgIpc) is 2.13. The normalized spacial score (nSPS) is 25.8. The zero-order chi connectivity index (χ0) is 12.2. The van der Waals surface area contributed by atoms with Crippen molar-refractivity contribution < 1.29 is 13.2 Å². The van der Waals surface area contributed by atoms with Gasteiger partial charge in [0.15, 0.2) is 9.84 Å². The highest BCUT2D eigenvalue weighted by Gasteiger charge is 2.29. The van der Waals surface area contributed by atoms with Crippen LogP contribution in [0.3, 0.4) is 0 Å². The van der Waals surface area contributed by atoms with Crippen LogP contribution < -0.4 is 5.32 Å². The number of ether oxygens (including phenoxy) is 1. The lowest BCUT2D eigenvalue weighted by atomic mass is 9.82. The summed E-state index contributed by atoms with van der Waals surface area (Å²) in [6, 6.07) is 0. The van der Waals surface area contributed by atoms with E-state index >= 15 is 0 Å². The second kappa shape index (κ2) is 5.98. The summed E-state index contributed by atoms with van der Waals surface area (Å²) < 4.78 is 28.5. The van der Waals surface area contributed by atoms with Gasteiger partial charge in [-0.3, -0.25) is 0 Å². The van der Waals surface area contributed by atoms with Gasteiger partial charge in [-0.1, -0.05) is 0 Å². The van der Waals surface area contributed by atoms with Gasteiger partial charge in [-0.15, -0.1) is 0 Å². The predicted octanol–water partition coefficient (Wildman–Crippen LogP) is 0.824. The zero-order valence-corrected chi connectivity index (χ0v) is 11.2. The van der Waals surface area contributed by atoms with Crippen LogP contribution >= 0.6 is 0 Å². The third kappa shape index (κ3) is 4.03. The van der Waals surface area contributed by atoms with Crippen LogP contribution in [0.5, 0.6) is 0 Å². The van der Waals surface area contributed by atoms with E-state index in [-0.39, 0.29) is 17.1 Å². The van der Waals surface area contributed by atoms with E-state index in [0.717, 1.165) is 19.4 Å². The van der Waals surface area contributed by atoms with Gasteiger partial charge in [-0.25, -0.2) is 8.42 Å². The van der Waals surface area contributed by atoms with Crippen LogP contribution in [-0.4, -0.2) is 45.7 Å². The maximum absolute atomic E-state index is 11.5. The molecule has 0 aliphatic heterocycles. The first-order chi connectivity index (χ1) is 7.45. The van der Waals surface area contributed by atoms with E-state index in [4.69, 9.17) is 4.74 Å². The van der Waals surface area contributed by atoms with Crippen molar-refractivity contribution in [3.8, 4) is 0 Å². The Bertz CT molecular complexity index is 294. The molecule has 1 fully saturated rings. The fraction of sp³-hybridized carbons (Fsp3) is 1.00. The fourth-order valence-electron chi connectivity index (χ4n) is 1.83. The van der Waals surface area contributed by atoms with E-state index in [9.17, 15) is 8.42 Å². The van der Waals surface area contributed by atoms with E-state index in [2.05, 4.69) is 5.32 Å². The number of hydrogen-bond acceptors (Lipinski definition) is 4. The van der Waals surface area contributed by atoms with Crippen LogP contribution in [0.25, 0.3) is 0 Å². The van der Waals surface area contributed by atoms with Crippen molar-refractivity contribution in [1.82, 2.24) is 5.32 Å². The number of nitrogens with one attached hydrogen (secondary N) is 1. The molecule has 5 heteroatoms. The lowest BCUT2D eigenvalue weighted by Crippen LogP contribution is -2.37. The largest absolute Gasteiger partial charge is 0.377 e. The molecule has 1 saturated carbocycles. The van der Waals surface area contributed by atoms with Gasteiger partial charge in [0.2, 0.25) is 0 Å². The Morgan fingerprint density at radius 2 is 2.00 bits per heavy atom. The molecule has 0 aromatic heterocycles. The molecule has 1 aliphatic carbocycles. The number of rotatable bonds is 7. The molecule has 1 rings (SSSR count). The first-order valence-electron chi connectivity index (χ1n) is 5.93. The zero-order valence-electron chi connectivity index (χ0n) is 10.4. The Morgan fingerprint density at radius 3 is 2.50 bits per heavy atom. The quantitative estimate of drug-likeness (QED) is 0.726. The molecule has 0 atom stereocenters. The maximum Gasteiger partial charge on any atom is 0.154 e. The van der Waals surface area contributed by atoms with E-state index in [0.29, 0.717) is 12.5 Å². The van der Waals surface area contributed by atoms with Crippen molar-refractivity contribution in [2.45, 2.75) is 38.0 Å². The Morgan fingerprint density at radius 1 is 1.38 bits per heavy atom. The van der Waals surface area contributed by atoms with Crippen LogP contribution in [0.2, 0.25) is 0 Å². The van der Waals surface area contributed by atoms with Gasteiger partial charge in [-0.2, -0.15) is 0 Å². The van der Waals surface area contributed by atoms with Gasteiger partial charge >= 0.3 is 0 Å². The maximum atomic E-state index is 11.5. The Kier molecular flexibility index (Phi) is 5.21. The van der Waals surface area contributed by atoms with Crippen molar-refractivity contribution in [3.63, 3.8) is 0 Å². The summed E-state index contributed by atoms with van der Waals surface area (Å²) in [4.78, 5) is 0. The van der Waals surface area contributed by atoms with E-state index < -0.39 is 9.84 Å². The summed E-state index contributed by atoms with van der Waals surface area (Å²) in [5, 5.41) is 2.84. The van der Waals surface area contributed by atoms with Gasteiger partial charge in [0.25, 0.3) is 0 Å². The molecule has 1 aliphatic rings. The second-order valence-corrected chi connectivity index (χ2v) is 7.48. The first kappa shape index (κ1) is 13.9.